The van der Waals surface area contributed by atoms with E-state index in [4.69, 9.17) is 11.6 Å². The monoisotopic (exact) mass is 253 g/mol. The minimum absolute atomic E-state index is 0.265. The molecule has 2 heteroatoms. The summed E-state index contributed by atoms with van der Waals surface area (Å²) in [6.07, 6.45) is 1.16. The molecule has 1 nitrogen and oxygen atoms in total. The SMILES string of the molecule is CCC(C)(C)N(C)CC(C)c1ccc(Cl)cc1. The fourth-order valence-electron chi connectivity index (χ4n) is 1.82. The van der Waals surface area contributed by atoms with Gasteiger partial charge < -0.3 is 4.90 Å². The van der Waals surface area contributed by atoms with E-state index in [0.29, 0.717) is 5.92 Å². The second-order valence-electron chi connectivity index (χ2n) is 5.50. The van der Waals surface area contributed by atoms with Crippen LogP contribution in [0.5, 0.6) is 0 Å². The van der Waals surface area contributed by atoms with Crippen LogP contribution in [0.15, 0.2) is 24.3 Å². The van der Waals surface area contributed by atoms with E-state index in [1.165, 1.54) is 5.56 Å². The molecule has 1 aromatic carbocycles. The normalized spacial score (nSPS) is 14.1. The smallest absolute Gasteiger partial charge is 0.0406 e. The zero-order valence-corrected chi connectivity index (χ0v) is 12.4. The number of benzene rings is 1. The summed E-state index contributed by atoms with van der Waals surface area (Å²) in [5.41, 5.74) is 1.62. The summed E-state index contributed by atoms with van der Waals surface area (Å²) in [4.78, 5) is 2.44. The van der Waals surface area contributed by atoms with Gasteiger partial charge in [-0.25, -0.2) is 0 Å². The molecule has 0 saturated heterocycles. The summed E-state index contributed by atoms with van der Waals surface area (Å²) in [6.45, 7) is 10.2. The first-order chi connectivity index (χ1) is 7.86. The minimum atomic E-state index is 0.265. The van der Waals surface area contributed by atoms with Gasteiger partial charge in [0, 0.05) is 17.1 Å². The summed E-state index contributed by atoms with van der Waals surface area (Å²) >= 11 is 5.91. The molecule has 1 aromatic rings. The Balaban J connectivity index is 2.66. The van der Waals surface area contributed by atoms with Gasteiger partial charge in [-0.05, 0) is 50.9 Å². The molecule has 0 fully saturated rings. The van der Waals surface area contributed by atoms with E-state index >= 15 is 0 Å². The highest BCUT2D eigenvalue weighted by atomic mass is 35.5. The van der Waals surface area contributed by atoms with Gasteiger partial charge in [-0.3, -0.25) is 0 Å². The highest BCUT2D eigenvalue weighted by Gasteiger charge is 2.22. The summed E-state index contributed by atoms with van der Waals surface area (Å²) in [5.74, 6) is 0.531. The van der Waals surface area contributed by atoms with E-state index in [1.807, 2.05) is 12.1 Å². The average Bonchev–Trinajstić information content (AvgIpc) is 2.29. The highest BCUT2D eigenvalue weighted by Crippen LogP contribution is 2.23. The first-order valence-electron chi connectivity index (χ1n) is 6.33. The molecule has 17 heavy (non-hydrogen) atoms. The molecule has 0 saturated carbocycles. The van der Waals surface area contributed by atoms with Crippen molar-refractivity contribution < 1.29 is 0 Å². The number of hydrogen-bond acceptors (Lipinski definition) is 1. The second-order valence-corrected chi connectivity index (χ2v) is 5.94. The number of nitrogens with zero attached hydrogens (tertiary/aromatic N) is 1. The van der Waals surface area contributed by atoms with Gasteiger partial charge in [0.25, 0.3) is 0 Å². The Morgan fingerprint density at radius 3 is 2.24 bits per heavy atom. The Kier molecular flexibility index (Phi) is 5.03. The molecule has 0 aliphatic carbocycles. The van der Waals surface area contributed by atoms with Crippen molar-refractivity contribution in [3.8, 4) is 0 Å². The lowest BCUT2D eigenvalue weighted by molar-refractivity contribution is 0.144. The van der Waals surface area contributed by atoms with E-state index in [0.717, 1.165) is 18.0 Å². The number of likely N-dealkylation sites (N-methyl/N-ethyl adjacent to an activating group) is 1. The van der Waals surface area contributed by atoms with Crippen molar-refractivity contribution in [2.75, 3.05) is 13.6 Å². The topological polar surface area (TPSA) is 3.24 Å². The maximum absolute atomic E-state index is 5.91. The molecule has 0 bridgehead atoms. The van der Waals surface area contributed by atoms with Crippen molar-refractivity contribution in [3.63, 3.8) is 0 Å². The van der Waals surface area contributed by atoms with Crippen LogP contribution in [0.3, 0.4) is 0 Å². The molecule has 1 atom stereocenters. The van der Waals surface area contributed by atoms with Crippen LogP contribution in [0.2, 0.25) is 5.02 Å². The van der Waals surface area contributed by atoms with Gasteiger partial charge in [0.1, 0.15) is 0 Å². The fourth-order valence-corrected chi connectivity index (χ4v) is 1.95. The van der Waals surface area contributed by atoms with E-state index in [9.17, 15) is 0 Å². The van der Waals surface area contributed by atoms with Gasteiger partial charge in [0.15, 0.2) is 0 Å². The standard InChI is InChI=1S/C15H24ClN/c1-6-15(3,4)17(5)11-12(2)13-7-9-14(16)10-8-13/h7-10,12H,6,11H2,1-5H3. The lowest BCUT2D eigenvalue weighted by atomic mass is 9.95. The third-order valence-electron chi connectivity index (χ3n) is 3.89. The Bertz CT molecular complexity index is 342. The molecule has 0 N–H and O–H groups in total. The predicted octanol–water partition coefficient (Wildman–Crippen LogP) is 4.56. The first kappa shape index (κ1) is 14.5. The lowest BCUT2D eigenvalue weighted by Crippen LogP contribution is -2.42. The maximum atomic E-state index is 5.91. The molecule has 0 aliphatic rings. The van der Waals surface area contributed by atoms with Gasteiger partial charge >= 0.3 is 0 Å². The van der Waals surface area contributed by atoms with Gasteiger partial charge in [0.2, 0.25) is 0 Å². The van der Waals surface area contributed by atoms with Crippen LogP contribution >= 0.6 is 11.6 Å². The van der Waals surface area contributed by atoms with E-state index in [2.05, 4.69) is 51.8 Å². The van der Waals surface area contributed by atoms with Crippen LogP contribution in [0.4, 0.5) is 0 Å². The molecular weight excluding hydrogens is 230 g/mol. The molecule has 1 unspecified atom stereocenters. The minimum Gasteiger partial charge on any atom is -0.301 e. The molecule has 1 rings (SSSR count). The van der Waals surface area contributed by atoms with Crippen molar-refractivity contribution in [2.45, 2.75) is 45.6 Å². The highest BCUT2D eigenvalue weighted by molar-refractivity contribution is 6.30. The quantitative estimate of drug-likeness (QED) is 0.743. The van der Waals surface area contributed by atoms with Crippen LogP contribution < -0.4 is 0 Å². The number of hydrogen-bond donors (Lipinski definition) is 0. The lowest BCUT2D eigenvalue weighted by Gasteiger charge is -2.36. The largest absolute Gasteiger partial charge is 0.301 e. The fraction of sp³-hybridized carbons (Fsp3) is 0.600. The summed E-state index contributed by atoms with van der Waals surface area (Å²) in [7, 11) is 2.20. The first-order valence-corrected chi connectivity index (χ1v) is 6.71. The third kappa shape index (κ3) is 4.01. The molecule has 96 valence electrons. The van der Waals surface area contributed by atoms with Crippen molar-refractivity contribution >= 4 is 11.6 Å². The Morgan fingerprint density at radius 1 is 1.24 bits per heavy atom. The number of rotatable bonds is 5. The molecule has 0 amide bonds. The molecule has 0 aromatic heterocycles. The van der Waals surface area contributed by atoms with Crippen LogP contribution in [0.1, 0.15) is 45.6 Å². The second kappa shape index (κ2) is 5.88. The van der Waals surface area contributed by atoms with E-state index < -0.39 is 0 Å². The third-order valence-corrected chi connectivity index (χ3v) is 4.14. The van der Waals surface area contributed by atoms with E-state index in [-0.39, 0.29) is 5.54 Å². The van der Waals surface area contributed by atoms with Gasteiger partial charge in [0.05, 0.1) is 0 Å². The van der Waals surface area contributed by atoms with Crippen LogP contribution in [0.25, 0.3) is 0 Å². The van der Waals surface area contributed by atoms with Crippen LogP contribution in [0, 0.1) is 0 Å². The van der Waals surface area contributed by atoms with Crippen molar-refractivity contribution in [2.24, 2.45) is 0 Å². The van der Waals surface area contributed by atoms with Gasteiger partial charge in [-0.2, -0.15) is 0 Å². The maximum Gasteiger partial charge on any atom is 0.0406 e. The predicted molar refractivity (Wildman–Crippen MR) is 76.9 cm³/mol. The molecule has 0 spiro atoms. The van der Waals surface area contributed by atoms with Crippen molar-refractivity contribution in [1.82, 2.24) is 4.90 Å². The molecule has 0 radical (unpaired) electrons. The summed E-state index contributed by atoms with van der Waals surface area (Å²) < 4.78 is 0. The zero-order valence-electron chi connectivity index (χ0n) is 11.6. The van der Waals surface area contributed by atoms with Gasteiger partial charge in [-0.1, -0.05) is 37.6 Å². The van der Waals surface area contributed by atoms with E-state index in [1.54, 1.807) is 0 Å². The Labute approximate surface area is 111 Å². The molecule has 0 aliphatic heterocycles. The van der Waals surface area contributed by atoms with Gasteiger partial charge in [-0.15, -0.1) is 0 Å². The number of halogens is 1. The van der Waals surface area contributed by atoms with Crippen LogP contribution in [-0.2, 0) is 0 Å². The Morgan fingerprint density at radius 2 is 1.76 bits per heavy atom. The summed E-state index contributed by atoms with van der Waals surface area (Å²) in [5, 5.41) is 0.809. The van der Waals surface area contributed by atoms with Crippen molar-refractivity contribution in [3.05, 3.63) is 34.9 Å². The van der Waals surface area contributed by atoms with Crippen LogP contribution in [-0.4, -0.2) is 24.0 Å². The molecular formula is C15H24ClN. The Hall–Kier alpha value is -0.530. The molecule has 0 heterocycles. The zero-order chi connectivity index (χ0) is 13.1. The summed E-state index contributed by atoms with van der Waals surface area (Å²) in [6, 6.07) is 8.19. The average molecular weight is 254 g/mol. The van der Waals surface area contributed by atoms with Crippen molar-refractivity contribution in [1.29, 1.82) is 0 Å².